The molecule has 6 unspecified atom stereocenters. The van der Waals surface area contributed by atoms with Gasteiger partial charge in [0, 0.05) is 11.8 Å². The van der Waals surface area contributed by atoms with E-state index in [1.165, 1.54) is 109 Å². The van der Waals surface area contributed by atoms with Crippen molar-refractivity contribution in [2.45, 2.75) is 135 Å². The van der Waals surface area contributed by atoms with E-state index in [0.717, 1.165) is 36.3 Å². The van der Waals surface area contributed by atoms with Gasteiger partial charge in [0.15, 0.2) is 0 Å². The van der Waals surface area contributed by atoms with Crippen LogP contribution < -0.4 is 5.73 Å². The lowest BCUT2D eigenvalue weighted by Gasteiger charge is -2.23. The lowest BCUT2D eigenvalue weighted by molar-refractivity contribution is 0.356. The first-order chi connectivity index (χ1) is 20.6. The van der Waals surface area contributed by atoms with Crippen molar-refractivity contribution in [2.24, 2.45) is 35.3 Å². The number of allylic oxidation sites excluding steroid dienone is 10. The van der Waals surface area contributed by atoms with Crippen molar-refractivity contribution in [3.05, 3.63) is 77.1 Å². The van der Waals surface area contributed by atoms with Crippen LogP contribution in [0, 0.1) is 29.6 Å². The van der Waals surface area contributed by atoms with Crippen LogP contribution in [0.25, 0.3) is 0 Å². The Hall–Kier alpha value is -1.47. The summed E-state index contributed by atoms with van der Waals surface area (Å²) in [6.45, 7) is 2.38. The van der Waals surface area contributed by atoms with Gasteiger partial charge in [-0.1, -0.05) is 86.8 Å². The van der Waals surface area contributed by atoms with Gasteiger partial charge >= 0.3 is 0 Å². The van der Waals surface area contributed by atoms with Gasteiger partial charge < -0.3 is 5.73 Å². The van der Waals surface area contributed by atoms with Crippen molar-refractivity contribution in [2.75, 3.05) is 5.75 Å². The highest BCUT2D eigenvalue weighted by Crippen LogP contribution is 2.38. The van der Waals surface area contributed by atoms with Gasteiger partial charge in [-0.05, 0) is 143 Å². The predicted octanol–water partition coefficient (Wildman–Crippen LogP) is 11.4. The third kappa shape index (κ3) is 11.9. The maximum absolute atomic E-state index is 6.65. The number of nitrogens with two attached hydrogens (primary N) is 1. The van der Waals surface area contributed by atoms with Crippen LogP contribution in [-0.4, -0.2) is 11.8 Å². The number of rotatable bonds is 15. The molecular weight excluding hydrogens is 527 g/mol. The Balaban J connectivity index is 1.13. The van der Waals surface area contributed by atoms with Crippen LogP contribution >= 0.6 is 12.6 Å². The molecule has 6 atom stereocenters. The van der Waals surface area contributed by atoms with Crippen LogP contribution in [-0.2, 0) is 0 Å². The third-order valence-corrected chi connectivity index (χ3v) is 10.9. The molecular formula is C40H61NS. The predicted molar refractivity (Wildman–Crippen MR) is 188 cm³/mol. The topological polar surface area (TPSA) is 26.0 Å². The molecule has 2 saturated carbocycles. The summed E-state index contributed by atoms with van der Waals surface area (Å²) in [5.41, 5.74) is 15.3. The first kappa shape index (κ1) is 33.4. The molecule has 42 heavy (non-hydrogen) atoms. The molecule has 0 amide bonds. The van der Waals surface area contributed by atoms with Crippen LogP contribution in [0.15, 0.2) is 77.1 Å². The van der Waals surface area contributed by atoms with Crippen molar-refractivity contribution in [1.29, 1.82) is 0 Å². The standard InChI is InChI=1S/C40H61NS/c1-32(40(41)19-8-6-4-2-3-5-7-9-28-42)29-33-13-10-14-34(21-20-33)30-35-15-11-16-36(23-22-35)31-37-24-26-38-17-12-18-39(38)27-25-37/h2-3,7,9-10,13,21,24-25,32-33,35-36,38,40,42H,4-6,8,11-12,14-20,22-23,26,28-31,41H2,1H3. The van der Waals surface area contributed by atoms with E-state index < -0.39 is 0 Å². The van der Waals surface area contributed by atoms with Crippen LogP contribution in [0.5, 0.6) is 0 Å². The Labute approximate surface area is 265 Å². The number of fused-ring (bicyclic) bond motifs is 1. The fourth-order valence-electron chi connectivity index (χ4n) is 7.89. The number of thiol groups is 1. The third-order valence-electron chi connectivity index (χ3n) is 10.7. The van der Waals surface area contributed by atoms with Crippen LogP contribution in [0.3, 0.4) is 0 Å². The molecule has 0 radical (unpaired) electrons. The first-order valence-corrected chi connectivity index (χ1v) is 18.4. The molecule has 1 nitrogen and oxygen atoms in total. The maximum Gasteiger partial charge on any atom is 0.00826 e. The van der Waals surface area contributed by atoms with Crippen molar-refractivity contribution < 1.29 is 0 Å². The molecule has 0 aromatic carbocycles. The molecule has 0 aromatic rings. The maximum atomic E-state index is 6.65. The van der Waals surface area contributed by atoms with Gasteiger partial charge in [0.1, 0.15) is 0 Å². The molecule has 0 bridgehead atoms. The Kier molecular flexibility index (Phi) is 15.1. The van der Waals surface area contributed by atoms with E-state index >= 15 is 0 Å². The molecule has 0 spiro atoms. The summed E-state index contributed by atoms with van der Waals surface area (Å²) in [5.74, 6) is 4.64. The monoisotopic (exact) mass is 587 g/mol. The summed E-state index contributed by atoms with van der Waals surface area (Å²) in [6, 6.07) is 0.326. The van der Waals surface area contributed by atoms with Gasteiger partial charge in [0.25, 0.3) is 0 Å². The van der Waals surface area contributed by atoms with E-state index in [-0.39, 0.29) is 0 Å². The van der Waals surface area contributed by atoms with Gasteiger partial charge in [0.05, 0.1) is 0 Å². The summed E-state index contributed by atoms with van der Waals surface area (Å²) in [4.78, 5) is 0. The number of unbranched alkanes of at least 4 members (excludes halogenated alkanes) is 2. The fourth-order valence-corrected chi connectivity index (χ4v) is 8.04. The van der Waals surface area contributed by atoms with E-state index in [0.29, 0.717) is 17.9 Å². The normalized spacial score (nSPS) is 28.1. The molecule has 4 aliphatic rings. The van der Waals surface area contributed by atoms with E-state index in [1.54, 1.807) is 16.7 Å². The molecule has 2 fully saturated rings. The Bertz CT molecular complexity index is 1020. The second kappa shape index (κ2) is 19.0. The number of hydrogen-bond donors (Lipinski definition) is 2. The number of hydrogen-bond acceptors (Lipinski definition) is 2. The molecule has 232 valence electrons. The second-order valence-corrected chi connectivity index (χ2v) is 14.4. The largest absolute Gasteiger partial charge is 0.327 e. The lowest BCUT2D eigenvalue weighted by atomic mass is 9.86. The Morgan fingerprint density at radius 1 is 0.952 bits per heavy atom. The van der Waals surface area contributed by atoms with E-state index in [4.69, 9.17) is 5.73 Å². The molecule has 0 aliphatic heterocycles. The second-order valence-electron chi connectivity index (χ2n) is 14.1. The average Bonchev–Trinajstić information content (AvgIpc) is 3.11. The van der Waals surface area contributed by atoms with E-state index in [2.05, 4.69) is 80.0 Å². The minimum Gasteiger partial charge on any atom is -0.327 e. The summed E-state index contributed by atoms with van der Waals surface area (Å²) >= 11 is 4.20. The van der Waals surface area contributed by atoms with Gasteiger partial charge in [0.2, 0.25) is 0 Å². The van der Waals surface area contributed by atoms with Crippen LogP contribution in [0.1, 0.15) is 129 Å². The lowest BCUT2D eigenvalue weighted by Crippen LogP contribution is -2.29. The molecule has 0 saturated heterocycles. The quantitative estimate of drug-likeness (QED) is 0.0644. The molecule has 4 aliphatic carbocycles. The van der Waals surface area contributed by atoms with E-state index in [1.807, 2.05) is 0 Å². The Morgan fingerprint density at radius 2 is 1.79 bits per heavy atom. The zero-order valence-corrected chi connectivity index (χ0v) is 27.7. The molecule has 0 heterocycles. The van der Waals surface area contributed by atoms with Gasteiger partial charge in [-0.2, -0.15) is 12.6 Å². The summed E-state index contributed by atoms with van der Waals surface area (Å²) in [5, 5.41) is 0. The first-order valence-electron chi connectivity index (χ1n) is 17.8. The molecule has 0 aromatic heterocycles. The van der Waals surface area contributed by atoms with E-state index in [9.17, 15) is 0 Å². The summed E-state index contributed by atoms with van der Waals surface area (Å²) < 4.78 is 0. The van der Waals surface area contributed by atoms with Gasteiger partial charge in [-0.25, -0.2) is 0 Å². The zero-order chi connectivity index (χ0) is 29.4. The molecule has 2 N–H and O–H groups in total. The van der Waals surface area contributed by atoms with Crippen molar-refractivity contribution in [3.8, 4) is 0 Å². The smallest absolute Gasteiger partial charge is 0.00826 e. The minimum atomic E-state index is 0.326. The molecule has 2 heteroatoms. The highest BCUT2D eigenvalue weighted by molar-refractivity contribution is 7.80. The van der Waals surface area contributed by atoms with Crippen molar-refractivity contribution in [1.82, 2.24) is 0 Å². The highest BCUT2D eigenvalue weighted by atomic mass is 32.1. The summed E-state index contributed by atoms with van der Waals surface area (Å²) in [7, 11) is 0. The molecule has 4 rings (SSSR count). The minimum absolute atomic E-state index is 0.326. The van der Waals surface area contributed by atoms with Crippen molar-refractivity contribution >= 4 is 12.6 Å². The van der Waals surface area contributed by atoms with Crippen LogP contribution in [0.4, 0.5) is 0 Å². The fraction of sp³-hybridized carbons (Fsp3) is 0.675. The highest BCUT2D eigenvalue weighted by Gasteiger charge is 2.24. The summed E-state index contributed by atoms with van der Waals surface area (Å²) in [6.07, 6.45) is 45.9. The zero-order valence-electron chi connectivity index (χ0n) is 26.8. The Morgan fingerprint density at radius 3 is 2.64 bits per heavy atom. The van der Waals surface area contributed by atoms with Crippen molar-refractivity contribution in [3.63, 3.8) is 0 Å². The van der Waals surface area contributed by atoms with Gasteiger partial charge in [-0.3, -0.25) is 0 Å². The SMILES string of the molecule is CC(CC1C=CCC(CC2CCCC(CC3=CCC4CCCC4=C=C3)CC2)=CC1)C(N)CCCCC=CCC=CCS. The van der Waals surface area contributed by atoms with Crippen LogP contribution in [0.2, 0.25) is 0 Å². The van der Waals surface area contributed by atoms with Gasteiger partial charge in [-0.15, -0.1) is 5.73 Å². The average molecular weight is 588 g/mol.